The van der Waals surface area contributed by atoms with E-state index in [1.54, 1.807) is 6.07 Å². The van der Waals surface area contributed by atoms with Gasteiger partial charge in [-0.05, 0) is 30.7 Å². The van der Waals surface area contributed by atoms with Crippen molar-refractivity contribution >= 4 is 33.4 Å². The number of rotatable bonds is 7. The van der Waals surface area contributed by atoms with E-state index in [0.29, 0.717) is 11.6 Å². The van der Waals surface area contributed by atoms with Crippen LogP contribution in [0, 0.1) is 10.1 Å². The average molecular weight is 317 g/mol. The van der Waals surface area contributed by atoms with Crippen LogP contribution in [0.25, 0.3) is 0 Å². The van der Waals surface area contributed by atoms with E-state index < -0.39 is 11.0 Å². The molecule has 1 rings (SSSR count). The first-order chi connectivity index (χ1) is 9.52. The zero-order valence-electron chi connectivity index (χ0n) is 11.1. The largest absolute Gasteiger partial charge is 0.448 e. The molecule has 20 heavy (non-hydrogen) atoms. The molecule has 0 aliphatic heterocycles. The summed E-state index contributed by atoms with van der Waals surface area (Å²) in [6, 6.07) is 3.00. The van der Waals surface area contributed by atoms with Gasteiger partial charge >= 0.3 is 6.09 Å². The van der Waals surface area contributed by atoms with Gasteiger partial charge in [-0.3, -0.25) is 10.1 Å². The summed E-state index contributed by atoms with van der Waals surface area (Å²) in [7, 11) is 2.87. The van der Waals surface area contributed by atoms with Crippen LogP contribution in [0.3, 0.4) is 0 Å². The van der Waals surface area contributed by atoms with Gasteiger partial charge in [-0.2, -0.15) is 0 Å². The van der Waals surface area contributed by atoms with Gasteiger partial charge in [0.05, 0.1) is 4.92 Å². The maximum absolute atomic E-state index is 11.1. The highest BCUT2D eigenvalue weighted by Crippen LogP contribution is 2.33. The second kappa shape index (κ2) is 8.64. The minimum atomic E-state index is -0.489. The summed E-state index contributed by atoms with van der Waals surface area (Å²) in [4.78, 5) is 25.1. The van der Waals surface area contributed by atoms with Crippen molar-refractivity contribution in [2.45, 2.75) is 24.1 Å². The third-order valence-electron chi connectivity index (χ3n) is 2.00. The fourth-order valence-corrected chi connectivity index (χ4v) is 2.93. The Balaban J connectivity index is 2.31. The minimum Gasteiger partial charge on any atom is -0.448 e. The Morgan fingerprint density at radius 2 is 2.35 bits per heavy atom. The lowest BCUT2D eigenvalue weighted by Gasteiger charge is -2.10. The Bertz CT molecular complexity index is 455. The first-order valence-electron chi connectivity index (χ1n) is 5.87. The van der Waals surface area contributed by atoms with Crippen LogP contribution in [0.1, 0.15) is 13.8 Å². The normalized spacial score (nSPS) is 11.7. The molecule has 0 aromatic carbocycles. The van der Waals surface area contributed by atoms with Gasteiger partial charge in [-0.25, -0.2) is 9.78 Å². The van der Waals surface area contributed by atoms with Gasteiger partial charge in [0.1, 0.15) is 17.8 Å². The molecule has 1 atom stereocenters. The summed E-state index contributed by atoms with van der Waals surface area (Å²) in [5.74, 6) is 0. The van der Waals surface area contributed by atoms with E-state index in [1.807, 2.05) is 13.8 Å². The number of pyridine rings is 1. The third-order valence-corrected chi connectivity index (χ3v) is 4.76. The van der Waals surface area contributed by atoms with Gasteiger partial charge in [-0.15, -0.1) is 0 Å². The number of ether oxygens (including phenoxy) is 1. The second-order valence-electron chi connectivity index (χ2n) is 3.73. The molecule has 1 heterocycles. The van der Waals surface area contributed by atoms with E-state index in [2.05, 4.69) is 10.3 Å². The van der Waals surface area contributed by atoms with Crippen LogP contribution in [-0.4, -0.2) is 34.4 Å². The molecule has 0 aliphatic rings. The summed E-state index contributed by atoms with van der Waals surface area (Å²) in [6.07, 6.45) is 0.789. The molecule has 0 radical (unpaired) electrons. The topological polar surface area (TPSA) is 94.4 Å². The van der Waals surface area contributed by atoms with Crippen LogP contribution < -0.4 is 5.32 Å². The predicted molar refractivity (Wildman–Crippen MR) is 78.8 cm³/mol. The van der Waals surface area contributed by atoms with Crippen LogP contribution in [0.2, 0.25) is 0 Å². The van der Waals surface area contributed by atoms with Gasteiger partial charge in [0, 0.05) is 17.9 Å². The Morgan fingerprint density at radius 3 is 2.90 bits per heavy atom. The van der Waals surface area contributed by atoms with Crippen molar-refractivity contribution in [1.29, 1.82) is 0 Å². The molecule has 0 aliphatic carbocycles. The van der Waals surface area contributed by atoms with Crippen molar-refractivity contribution in [3.8, 4) is 0 Å². The smallest absolute Gasteiger partial charge is 0.407 e. The van der Waals surface area contributed by atoms with Crippen LogP contribution >= 0.6 is 21.6 Å². The molecule has 0 spiro atoms. The van der Waals surface area contributed by atoms with Crippen molar-refractivity contribution in [2.24, 2.45) is 0 Å². The molecule has 0 fully saturated rings. The van der Waals surface area contributed by atoms with Crippen molar-refractivity contribution in [1.82, 2.24) is 10.3 Å². The molecular weight excluding hydrogens is 302 g/mol. The van der Waals surface area contributed by atoms with Crippen LogP contribution in [-0.2, 0) is 4.74 Å². The van der Waals surface area contributed by atoms with Crippen LogP contribution in [0.15, 0.2) is 23.4 Å². The van der Waals surface area contributed by atoms with E-state index in [-0.39, 0.29) is 17.5 Å². The molecule has 1 aromatic rings. The summed E-state index contributed by atoms with van der Waals surface area (Å²) >= 11 is 0. The van der Waals surface area contributed by atoms with E-state index in [9.17, 15) is 14.9 Å². The fourth-order valence-electron chi connectivity index (χ4n) is 1.08. The fraction of sp³-hybridized carbons (Fsp3) is 0.455. The predicted octanol–water partition coefficient (Wildman–Crippen LogP) is 2.86. The van der Waals surface area contributed by atoms with Crippen LogP contribution in [0.4, 0.5) is 10.5 Å². The number of carbonyl (C=O) groups excluding carboxylic acids is 1. The third kappa shape index (κ3) is 6.11. The minimum absolute atomic E-state index is 0.0352. The lowest BCUT2D eigenvalue weighted by atomic mass is 10.4. The van der Waals surface area contributed by atoms with Gasteiger partial charge in [0.15, 0.2) is 0 Å². The van der Waals surface area contributed by atoms with E-state index in [4.69, 9.17) is 4.74 Å². The summed E-state index contributed by atoms with van der Waals surface area (Å²) in [5.41, 5.74) is -0.0352. The number of alkyl carbamates (subject to hydrolysis) is 1. The van der Waals surface area contributed by atoms with Gasteiger partial charge < -0.3 is 10.1 Å². The molecule has 9 heteroatoms. The van der Waals surface area contributed by atoms with Crippen LogP contribution in [0.5, 0.6) is 0 Å². The standard InChI is InChI=1S/C11H15N3O4S2/c1-3-12-11(15)18-7-8(2)19-20-10-5-4-9(6-13-10)14(16)17/h4-6,8H,3,7H2,1-2H3,(H,12,15). The maximum atomic E-state index is 11.1. The number of hydrogen-bond donors (Lipinski definition) is 1. The maximum Gasteiger partial charge on any atom is 0.407 e. The molecular formula is C11H15N3O4S2. The number of carbonyl (C=O) groups is 1. The first kappa shape index (κ1) is 16.6. The van der Waals surface area contributed by atoms with Crippen molar-refractivity contribution in [3.63, 3.8) is 0 Å². The molecule has 1 unspecified atom stereocenters. The molecule has 1 N–H and O–H groups in total. The number of aromatic nitrogens is 1. The van der Waals surface area contributed by atoms with E-state index in [1.165, 1.54) is 33.9 Å². The molecule has 7 nitrogen and oxygen atoms in total. The van der Waals surface area contributed by atoms with Crippen molar-refractivity contribution < 1.29 is 14.5 Å². The Kier molecular flexibility index (Phi) is 7.16. The van der Waals surface area contributed by atoms with Gasteiger partial charge in [0.25, 0.3) is 5.69 Å². The van der Waals surface area contributed by atoms with E-state index in [0.717, 1.165) is 0 Å². The Hall–Kier alpha value is -1.48. The lowest BCUT2D eigenvalue weighted by molar-refractivity contribution is -0.385. The zero-order valence-corrected chi connectivity index (χ0v) is 12.7. The first-order valence-corrected chi connectivity index (χ1v) is 8.08. The molecule has 1 aromatic heterocycles. The second-order valence-corrected chi connectivity index (χ2v) is 6.39. The van der Waals surface area contributed by atoms with Gasteiger partial charge in [0.2, 0.25) is 0 Å². The Morgan fingerprint density at radius 1 is 1.60 bits per heavy atom. The summed E-state index contributed by atoms with van der Waals surface area (Å²) in [5, 5.41) is 13.8. The highest BCUT2D eigenvalue weighted by atomic mass is 33.1. The SMILES string of the molecule is CCNC(=O)OCC(C)SSc1ccc([N+](=O)[O-])cn1. The summed E-state index contributed by atoms with van der Waals surface area (Å²) < 4.78 is 4.99. The van der Waals surface area contributed by atoms with Crippen molar-refractivity contribution in [3.05, 3.63) is 28.4 Å². The van der Waals surface area contributed by atoms with E-state index >= 15 is 0 Å². The van der Waals surface area contributed by atoms with Gasteiger partial charge in [-0.1, -0.05) is 10.8 Å². The summed E-state index contributed by atoms with van der Waals surface area (Å²) in [6.45, 7) is 4.55. The number of nitrogens with zero attached hydrogens (tertiary/aromatic N) is 2. The molecule has 110 valence electrons. The zero-order chi connectivity index (χ0) is 15.0. The number of hydrogen-bond acceptors (Lipinski definition) is 7. The number of nitrogens with one attached hydrogen (secondary N) is 1. The quantitative estimate of drug-likeness (QED) is 0.469. The lowest BCUT2D eigenvalue weighted by Crippen LogP contribution is -2.25. The molecule has 0 saturated heterocycles. The Labute approximate surface area is 124 Å². The highest BCUT2D eigenvalue weighted by Gasteiger charge is 2.10. The molecule has 0 saturated carbocycles. The number of nitro groups is 1. The highest BCUT2D eigenvalue weighted by molar-refractivity contribution is 8.76. The monoisotopic (exact) mass is 317 g/mol. The number of amides is 1. The molecule has 1 amide bonds. The average Bonchev–Trinajstić information content (AvgIpc) is 2.43. The molecule has 0 bridgehead atoms. The van der Waals surface area contributed by atoms with Crippen molar-refractivity contribution in [2.75, 3.05) is 13.2 Å².